The van der Waals surface area contributed by atoms with Crippen molar-refractivity contribution in [3.05, 3.63) is 0 Å². The van der Waals surface area contributed by atoms with E-state index in [1.807, 2.05) is 7.05 Å². The fraction of sp³-hybridized carbons (Fsp3) is 1.00. The predicted molar refractivity (Wildman–Crippen MR) is 151 cm³/mol. The van der Waals surface area contributed by atoms with Gasteiger partial charge in [0.15, 0.2) is 0 Å². The first-order chi connectivity index (χ1) is 20.3. The minimum atomic E-state index is 0.0266. The van der Waals surface area contributed by atoms with E-state index in [4.69, 9.17) is 62.3 Å². The van der Waals surface area contributed by atoms with E-state index in [9.17, 15) is 0 Å². The fourth-order valence-electron chi connectivity index (χ4n) is 2.87. The standard InChI is InChI=1S/C27H57NO13/c1-28(2-6-31-10-14-35-18-22-39-24-20-37-16-12-33-8-4-29)3-7-32-11-15-36-19-23-40-26-27-41-25-21-38-17-13-34-9-5-30/h29-30H,2-27H2,1H3. The summed E-state index contributed by atoms with van der Waals surface area (Å²) in [5.41, 5.74) is 0. The molecule has 0 rings (SSSR count). The molecule has 0 heterocycles. The van der Waals surface area contributed by atoms with E-state index in [-0.39, 0.29) is 13.2 Å². The average molecular weight is 604 g/mol. The van der Waals surface area contributed by atoms with Crippen LogP contribution in [0.4, 0.5) is 0 Å². The second-order valence-electron chi connectivity index (χ2n) is 8.49. The summed E-state index contributed by atoms with van der Waals surface area (Å²) in [6.07, 6.45) is 0. The molecule has 41 heavy (non-hydrogen) atoms. The predicted octanol–water partition coefficient (Wildman–Crippen LogP) is -0.915. The van der Waals surface area contributed by atoms with Crippen LogP contribution in [0.3, 0.4) is 0 Å². The summed E-state index contributed by atoms with van der Waals surface area (Å²) in [4.78, 5) is 2.16. The van der Waals surface area contributed by atoms with Gasteiger partial charge < -0.3 is 67.2 Å². The van der Waals surface area contributed by atoms with Crippen LogP contribution in [-0.4, -0.2) is 194 Å². The van der Waals surface area contributed by atoms with Gasteiger partial charge in [0, 0.05) is 13.1 Å². The molecule has 0 aliphatic heterocycles. The summed E-state index contributed by atoms with van der Waals surface area (Å²) >= 11 is 0. The molecule has 0 radical (unpaired) electrons. The van der Waals surface area contributed by atoms with Crippen LogP contribution < -0.4 is 0 Å². The lowest BCUT2D eigenvalue weighted by Crippen LogP contribution is -2.28. The SMILES string of the molecule is CN(CCOCCOCCOCCOCCOCCO)CCOCCOCCOCCOCCOCCOCCO. The molecule has 0 saturated carbocycles. The summed E-state index contributed by atoms with van der Waals surface area (Å²) in [6, 6.07) is 0. The third kappa shape index (κ3) is 37.4. The summed E-state index contributed by atoms with van der Waals surface area (Å²) in [6.45, 7) is 12.9. The van der Waals surface area contributed by atoms with Gasteiger partial charge in [-0.1, -0.05) is 0 Å². The van der Waals surface area contributed by atoms with Crippen molar-refractivity contribution in [2.75, 3.05) is 179 Å². The van der Waals surface area contributed by atoms with Crippen molar-refractivity contribution in [1.82, 2.24) is 4.90 Å². The van der Waals surface area contributed by atoms with E-state index in [0.29, 0.717) is 145 Å². The molecule has 14 nitrogen and oxygen atoms in total. The van der Waals surface area contributed by atoms with Crippen molar-refractivity contribution in [3.8, 4) is 0 Å². The normalized spacial score (nSPS) is 11.7. The van der Waals surface area contributed by atoms with Crippen LogP contribution >= 0.6 is 0 Å². The maximum Gasteiger partial charge on any atom is 0.0701 e. The van der Waals surface area contributed by atoms with Gasteiger partial charge in [-0.25, -0.2) is 0 Å². The van der Waals surface area contributed by atoms with Gasteiger partial charge in [-0.3, -0.25) is 0 Å². The molecular formula is C27H57NO13. The Kier molecular flexibility index (Phi) is 37.0. The van der Waals surface area contributed by atoms with Gasteiger partial charge in [-0.2, -0.15) is 0 Å². The first-order valence-electron chi connectivity index (χ1n) is 14.6. The van der Waals surface area contributed by atoms with Crippen molar-refractivity contribution in [2.45, 2.75) is 0 Å². The molecule has 14 heteroatoms. The first kappa shape index (κ1) is 40.4. The Morgan fingerprint density at radius 2 is 0.463 bits per heavy atom. The summed E-state index contributed by atoms with van der Waals surface area (Å²) in [5, 5.41) is 17.1. The summed E-state index contributed by atoms with van der Waals surface area (Å²) in [7, 11) is 2.03. The zero-order chi connectivity index (χ0) is 29.7. The Balaban J connectivity index is 3.13. The molecule has 0 aromatic rings. The third-order valence-electron chi connectivity index (χ3n) is 5.05. The molecule has 2 N–H and O–H groups in total. The van der Waals surface area contributed by atoms with Gasteiger partial charge in [0.05, 0.1) is 159 Å². The molecule has 0 aliphatic rings. The monoisotopic (exact) mass is 603 g/mol. The quantitative estimate of drug-likeness (QED) is 0.0845. The molecule has 0 aromatic heterocycles. The lowest BCUT2D eigenvalue weighted by molar-refractivity contribution is -0.0193. The Hall–Kier alpha value is -0.560. The van der Waals surface area contributed by atoms with Gasteiger partial charge >= 0.3 is 0 Å². The van der Waals surface area contributed by atoms with Gasteiger partial charge in [0.2, 0.25) is 0 Å². The summed E-state index contributed by atoms with van der Waals surface area (Å²) < 4.78 is 59.3. The van der Waals surface area contributed by atoms with Crippen LogP contribution in [0.15, 0.2) is 0 Å². The van der Waals surface area contributed by atoms with E-state index in [2.05, 4.69) is 4.90 Å². The van der Waals surface area contributed by atoms with Crippen LogP contribution in [0.5, 0.6) is 0 Å². The van der Waals surface area contributed by atoms with E-state index in [0.717, 1.165) is 13.1 Å². The smallest absolute Gasteiger partial charge is 0.0701 e. The largest absolute Gasteiger partial charge is 0.394 e. The Bertz CT molecular complexity index is 469. The van der Waals surface area contributed by atoms with Gasteiger partial charge in [0.1, 0.15) is 0 Å². The van der Waals surface area contributed by atoms with E-state index in [1.165, 1.54) is 0 Å². The number of hydrogen-bond donors (Lipinski definition) is 2. The van der Waals surface area contributed by atoms with Crippen molar-refractivity contribution in [1.29, 1.82) is 0 Å². The second kappa shape index (κ2) is 37.5. The minimum absolute atomic E-state index is 0.0266. The van der Waals surface area contributed by atoms with Crippen LogP contribution in [0.1, 0.15) is 0 Å². The first-order valence-corrected chi connectivity index (χ1v) is 14.6. The lowest BCUT2D eigenvalue weighted by atomic mass is 10.5. The number of rotatable bonds is 37. The zero-order valence-electron chi connectivity index (χ0n) is 25.2. The number of likely N-dealkylation sites (N-methyl/N-ethyl adjacent to an activating group) is 1. The van der Waals surface area contributed by atoms with Crippen molar-refractivity contribution >= 4 is 0 Å². The van der Waals surface area contributed by atoms with Gasteiger partial charge in [0.25, 0.3) is 0 Å². The third-order valence-corrected chi connectivity index (χ3v) is 5.05. The van der Waals surface area contributed by atoms with Crippen molar-refractivity contribution in [3.63, 3.8) is 0 Å². The maximum atomic E-state index is 8.58. The fourth-order valence-corrected chi connectivity index (χ4v) is 2.87. The number of hydrogen-bond acceptors (Lipinski definition) is 14. The highest BCUT2D eigenvalue weighted by Gasteiger charge is 2.00. The molecule has 0 bridgehead atoms. The number of ether oxygens (including phenoxy) is 11. The van der Waals surface area contributed by atoms with Crippen LogP contribution in [0.2, 0.25) is 0 Å². The van der Waals surface area contributed by atoms with Gasteiger partial charge in [-0.05, 0) is 7.05 Å². The Labute approximate surface area is 246 Å². The molecule has 0 spiro atoms. The number of aliphatic hydroxyl groups is 2. The molecule has 0 aliphatic carbocycles. The maximum absolute atomic E-state index is 8.58. The zero-order valence-corrected chi connectivity index (χ0v) is 25.2. The van der Waals surface area contributed by atoms with E-state index < -0.39 is 0 Å². The average Bonchev–Trinajstić information content (AvgIpc) is 2.98. The van der Waals surface area contributed by atoms with Crippen LogP contribution in [0, 0.1) is 0 Å². The minimum Gasteiger partial charge on any atom is -0.394 e. The summed E-state index contributed by atoms with van der Waals surface area (Å²) in [5.74, 6) is 0. The van der Waals surface area contributed by atoms with E-state index in [1.54, 1.807) is 0 Å². The molecule has 0 atom stereocenters. The highest BCUT2D eigenvalue weighted by molar-refractivity contribution is 4.50. The number of nitrogens with zero attached hydrogens (tertiary/aromatic N) is 1. The van der Waals surface area contributed by atoms with Crippen molar-refractivity contribution in [2.24, 2.45) is 0 Å². The Morgan fingerprint density at radius 1 is 0.293 bits per heavy atom. The van der Waals surface area contributed by atoms with Crippen LogP contribution in [-0.2, 0) is 52.1 Å². The van der Waals surface area contributed by atoms with Gasteiger partial charge in [-0.15, -0.1) is 0 Å². The van der Waals surface area contributed by atoms with E-state index >= 15 is 0 Å². The Morgan fingerprint density at radius 3 is 0.659 bits per heavy atom. The topological polar surface area (TPSA) is 145 Å². The molecule has 0 saturated heterocycles. The number of aliphatic hydroxyl groups excluding tert-OH is 2. The molecule has 0 fully saturated rings. The molecule has 0 amide bonds. The lowest BCUT2D eigenvalue weighted by Gasteiger charge is -2.16. The highest BCUT2D eigenvalue weighted by Crippen LogP contribution is 1.88. The van der Waals surface area contributed by atoms with Crippen LogP contribution in [0.25, 0.3) is 0 Å². The molecule has 0 unspecified atom stereocenters. The molecule has 0 aromatic carbocycles. The highest BCUT2D eigenvalue weighted by atomic mass is 16.6. The molecule has 248 valence electrons. The molecular weight excluding hydrogens is 546 g/mol. The van der Waals surface area contributed by atoms with Crippen molar-refractivity contribution < 1.29 is 62.3 Å². The second-order valence-corrected chi connectivity index (χ2v) is 8.49.